The van der Waals surface area contributed by atoms with Gasteiger partial charge in [-0.1, -0.05) is 5.21 Å². The Morgan fingerprint density at radius 2 is 1.76 bits per heavy atom. The van der Waals surface area contributed by atoms with E-state index in [4.69, 9.17) is 0 Å². The molecule has 3 aromatic heterocycles. The first kappa shape index (κ1) is 24.7. The molecule has 37 heavy (non-hydrogen) atoms. The molecular formula is C25H27F3N8O. The van der Waals surface area contributed by atoms with Gasteiger partial charge in [0.15, 0.2) is 5.69 Å². The summed E-state index contributed by atoms with van der Waals surface area (Å²) in [6, 6.07) is 3.54. The molecule has 9 nitrogen and oxygen atoms in total. The zero-order valence-electron chi connectivity index (χ0n) is 20.8. The van der Waals surface area contributed by atoms with Gasteiger partial charge in [-0.15, -0.1) is 5.10 Å². The van der Waals surface area contributed by atoms with Gasteiger partial charge in [-0.05, 0) is 56.0 Å². The van der Waals surface area contributed by atoms with Gasteiger partial charge in [0.25, 0.3) is 5.91 Å². The highest BCUT2D eigenvalue weighted by Crippen LogP contribution is 2.40. The number of halogens is 3. The molecule has 0 unspecified atom stereocenters. The van der Waals surface area contributed by atoms with Crippen molar-refractivity contribution in [3.8, 4) is 11.1 Å². The predicted octanol–water partition coefficient (Wildman–Crippen LogP) is 3.95. The molecule has 0 saturated carbocycles. The zero-order valence-corrected chi connectivity index (χ0v) is 20.8. The molecule has 0 fully saturated rings. The average molecular weight is 513 g/mol. The molecule has 0 saturated heterocycles. The van der Waals surface area contributed by atoms with E-state index in [-0.39, 0.29) is 18.0 Å². The van der Waals surface area contributed by atoms with Crippen molar-refractivity contribution < 1.29 is 18.0 Å². The van der Waals surface area contributed by atoms with Crippen molar-refractivity contribution in [2.45, 2.75) is 59.5 Å². The molecule has 5 rings (SSSR count). The fraction of sp³-hybridized carbons (Fsp3) is 0.400. The number of carbonyl (C=O) groups excluding carboxylic acids is 1. The highest BCUT2D eigenvalue weighted by atomic mass is 19.4. The number of imidazole rings is 1. The first-order valence-electron chi connectivity index (χ1n) is 12.1. The van der Waals surface area contributed by atoms with Crippen LogP contribution in [0.3, 0.4) is 0 Å². The minimum atomic E-state index is -4.63. The van der Waals surface area contributed by atoms with Crippen molar-refractivity contribution in [2.24, 2.45) is 0 Å². The largest absolute Gasteiger partial charge is 0.435 e. The Labute approximate surface area is 211 Å². The van der Waals surface area contributed by atoms with Crippen molar-refractivity contribution in [1.82, 2.24) is 39.2 Å². The van der Waals surface area contributed by atoms with Crippen molar-refractivity contribution in [3.05, 3.63) is 70.8 Å². The number of aryl methyl sites for hydroxylation is 3. The van der Waals surface area contributed by atoms with Gasteiger partial charge >= 0.3 is 6.18 Å². The summed E-state index contributed by atoms with van der Waals surface area (Å²) in [5, 5.41) is 12.0. The van der Waals surface area contributed by atoms with Crippen LogP contribution in [0.25, 0.3) is 11.1 Å². The van der Waals surface area contributed by atoms with Gasteiger partial charge in [0, 0.05) is 55.9 Å². The number of aromatic nitrogens is 7. The van der Waals surface area contributed by atoms with Gasteiger partial charge < -0.3 is 9.47 Å². The van der Waals surface area contributed by atoms with Gasteiger partial charge in [0.2, 0.25) is 0 Å². The third-order valence-corrected chi connectivity index (χ3v) is 6.64. The van der Waals surface area contributed by atoms with Crippen molar-refractivity contribution in [3.63, 3.8) is 0 Å². The lowest BCUT2D eigenvalue weighted by Crippen LogP contribution is -2.37. The highest BCUT2D eigenvalue weighted by Gasteiger charge is 2.39. The standard InChI is InChI=1S/C25H27F3N8O/c1-4-35-15-22(23(31-35)25(26,27)28)20-10-17(12-33-9-7-29-16(33)3)11-21-19(20)6-8-34(24(21)37)13-18-14-36(5-2)32-30-18/h7,9-11,14-15H,4-6,8,12-13H2,1-3H3. The Hall–Kier alpha value is -3.96. The van der Waals surface area contributed by atoms with E-state index in [0.29, 0.717) is 60.5 Å². The monoisotopic (exact) mass is 512 g/mol. The molecule has 0 radical (unpaired) electrons. The molecule has 0 atom stereocenters. The zero-order chi connectivity index (χ0) is 26.3. The molecule has 0 N–H and O–H groups in total. The van der Waals surface area contributed by atoms with Crippen LogP contribution >= 0.6 is 0 Å². The quantitative estimate of drug-likeness (QED) is 0.374. The summed E-state index contributed by atoms with van der Waals surface area (Å²) in [6.45, 7) is 7.50. The topological polar surface area (TPSA) is 86.7 Å². The summed E-state index contributed by atoms with van der Waals surface area (Å²) in [5.41, 5.74) is 1.80. The third kappa shape index (κ3) is 4.75. The van der Waals surface area contributed by atoms with Gasteiger partial charge in [-0.25, -0.2) is 4.98 Å². The van der Waals surface area contributed by atoms with Crippen LogP contribution in [0.5, 0.6) is 0 Å². The van der Waals surface area contributed by atoms with E-state index in [1.54, 1.807) is 47.2 Å². The molecule has 194 valence electrons. The first-order valence-corrected chi connectivity index (χ1v) is 12.1. The minimum Gasteiger partial charge on any atom is -0.332 e. The maximum Gasteiger partial charge on any atom is 0.435 e. The number of nitrogens with zero attached hydrogens (tertiary/aromatic N) is 8. The molecule has 4 heterocycles. The van der Waals surface area contributed by atoms with Crippen LogP contribution in [-0.4, -0.2) is 51.7 Å². The van der Waals surface area contributed by atoms with Crippen LogP contribution in [0.2, 0.25) is 0 Å². The van der Waals surface area contributed by atoms with Crippen LogP contribution < -0.4 is 0 Å². The van der Waals surface area contributed by atoms with Crippen LogP contribution in [-0.2, 0) is 38.8 Å². The molecule has 1 aliphatic heterocycles. The number of carbonyl (C=O) groups is 1. The molecular weight excluding hydrogens is 485 g/mol. The number of hydrogen-bond acceptors (Lipinski definition) is 5. The van der Waals surface area contributed by atoms with Crippen LogP contribution in [0.4, 0.5) is 13.2 Å². The maximum absolute atomic E-state index is 14.0. The van der Waals surface area contributed by atoms with E-state index < -0.39 is 11.9 Å². The number of hydrogen-bond donors (Lipinski definition) is 0. The first-order chi connectivity index (χ1) is 17.7. The second kappa shape index (κ2) is 9.49. The molecule has 4 aromatic rings. The molecule has 0 aliphatic carbocycles. The van der Waals surface area contributed by atoms with E-state index in [1.807, 2.05) is 18.4 Å². The fourth-order valence-corrected chi connectivity index (χ4v) is 4.71. The summed E-state index contributed by atoms with van der Waals surface area (Å²) in [6.07, 6.45) is 2.46. The molecule has 0 spiro atoms. The van der Waals surface area contributed by atoms with Crippen molar-refractivity contribution in [1.29, 1.82) is 0 Å². The second-order valence-electron chi connectivity index (χ2n) is 9.06. The number of alkyl halides is 3. The Bertz CT molecular complexity index is 1450. The predicted molar refractivity (Wildman–Crippen MR) is 129 cm³/mol. The Morgan fingerprint density at radius 1 is 1.00 bits per heavy atom. The van der Waals surface area contributed by atoms with Crippen LogP contribution in [0.15, 0.2) is 36.9 Å². The normalized spacial score (nSPS) is 13.9. The third-order valence-electron chi connectivity index (χ3n) is 6.64. The SMILES string of the molecule is CCn1cc(CN2CCc3c(cc(Cn4ccnc4C)cc3-c3cn(CC)nc3C(F)(F)F)C2=O)nn1. The molecule has 1 aromatic carbocycles. The molecule has 1 aliphatic rings. The molecule has 0 bridgehead atoms. The van der Waals surface area contributed by atoms with E-state index in [2.05, 4.69) is 20.4 Å². The van der Waals surface area contributed by atoms with E-state index >= 15 is 0 Å². The molecule has 12 heteroatoms. The lowest BCUT2D eigenvalue weighted by atomic mass is 9.88. The average Bonchev–Trinajstić information content (AvgIpc) is 3.60. The highest BCUT2D eigenvalue weighted by molar-refractivity contribution is 5.99. The Morgan fingerprint density at radius 3 is 2.41 bits per heavy atom. The summed E-state index contributed by atoms with van der Waals surface area (Å²) in [5.74, 6) is 0.523. The van der Waals surface area contributed by atoms with E-state index in [1.165, 1.54) is 10.9 Å². The number of rotatable bonds is 7. The molecule has 1 amide bonds. The van der Waals surface area contributed by atoms with Gasteiger partial charge in [0.1, 0.15) is 11.5 Å². The minimum absolute atomic E-state index is 0.0121. The number of benzene rings is 1. The summed E-state index contributed by atoms with van der Waals surface area (Å²) >= 11 is 0. The summed E-state index contributed by atoms with van der Waals surface area (Å²) in [7, 11) is 0. The summed E-state index contributed by atoms with van der Waals surface area (Å²) in [4.78, 5) is 19.6. The van der Waals surface area contributed by atoms with Gasteiger partial charge in [0.05, 0.1) is 12.7 Å². The van der Waals surface area contributed by atoms with Crippen molar-refractivity contribution in [2.75, 3.05) is 6.54 Å². The van der Waals surface area contributed by atoms with Crippen LogP contribution in [0.1, 0.15) is 52.5 Å². The second-order valence-corrected chi connectivity index (χ2v) is 9.06. The maximum atomic E-state index is 14.0. The van der Waals surface area contributed by atoms with Gasteiger partial charge in [-0.2, -0.15) is 18.3 Å². The fourth-order valence-electron chi connectivity index (χ4n) is 4.71. The number of fused-ring (bicyclic) bond motifs is 1. The van der Waals surface area contributed by atoms with Crippen LogP contribution in [0, 0.1) is 6.92 Å². The lowest BCUT2D eigenvalue weighted by Gasteiger charge is -2.30. The smallest absolute Gasteiger partial charge is 0.332 e. The van der Waals surface area contributed by atoms with Gasteiger partial charge in [-0.3, -0.25) is 14.2 Å². The Balaban J connectivity index is 1.61. The number of amides is 1. The van der Waals surface area contributed by atoms with E-state index in [0.717, 1.165) is 5.82 Å². The summed E-state index contributed by atoms with van der Waals surface area (Å²) < 4.78 is 46.9. The Kier molecular flexibility index (Phi) is 6.34. The van der Waals surface area contributed by atoms with Crippen molar-refractivity contribution >= 4 is 5.91 Å². The van der Waals surface area contributed by atoms with E-state index in [9.17, 15) is 18.0 Å². The lowest BCUT2D eigenvalue weighted by molar-refractivity contribution is -0.141.